The quantitative estimate of drug-likeness (QED) is 0.277. The van der Waals surface area contributed by atoms with E-state index in [1.54, 1.807) is 6.20 Å². The normalized spacial score (nSPS) is 10.9. The van der Waals surface area contributed by atoms with Gasteiger partial charge >= 0.3 is 0 Å². The maximum Gasteiger partial charge on any atom is 0.224 e. The van der Waals surface area contributed by atoms with Gasteiger partial charge in [-0.15, -0.1) is 0 Å². The molecule has 0 saturated carbocycles. The van der Waals surface area contributed by atoms with Crippen molar-refractivity contribution in [2.45, 2.75) is 39.2 Å². The predicted octanol–water partition coefficient (Wildman–Crippen LogP) is 7.27. The molecule has 174 valence electrons. The van der Waals surface area contributed by atoms with Gasteiger partial charge in [-0.1, -0.05) is 61.8 Å². The van der Waals surface area contributed by atoms with Gasteiger partial charge < -0.3 is 14.5 Å². The fraction of sp³-hybridized carbons (Fsp3) is 0.214. The Hall–Kier alpha value is -3.57. The molecule has 0 unspecified atom stereocenters. The van der Waals surface area contributed by atoms with Crippen LogP contribution in [0.15, 0.2) is 83.4 Å². The van der Waals surface area contributed by atoms with Crippen molar-refractivity contribution >= 4 is 23.2 Å². The second kappa shape index (κ2) is 11.0. The van der Waals surface area contributed by atoms with Crippen LogP contribution in [0.3, 0.4) is 0 Å². The van der Waals surface area contributed by atoms with E-state index in [2.05, 4.69) is 36.3 Å². The van der Waals surface area contributed by atoms with Crippen molar-refractivity contribution in [3.05, 3.63) is 101 Å². The van der Waals surface area contributed by atoms with Crippen LogP contribution in [0, 0.1) is 0 Å². The molecule has 0 aliphatic carbocycles. The average molecular weight is 475 g/mol. The zero-order valence-corrected chi connectivity index (χ0v) is 20.0. The highest BCUT2D eigenvalue weighted by Crippen LogP contribution is 2.24. The van der Waals surface area contributed by atoms with Gasteiger partial charge in [0, 0.05) is 29.1 Å². The second-order valence-corrected chi connectivity index (χ2v) is 8.82. The van der Waals surface area contributed by atoms with Gasteiger partial charge in [-0.05, 0) is 53.4 Å². The highest BCUT2D eigenvalue weighted by Gasteiger charge is 2.10. The molecule has 1 aromatic heterocycles. The summed E-state index contributed by atoms with van der Waals surface area (Å²) in [6, 6.07) is 23.1. The van der Waals surface area contributed by atoms with E-state index in [1.807, 2.05) is 60.7 Å². The molecule has 0 saturated heterocycles. The Morgan fingerprint density at radius 1 is 1.00 bits per heavy atom. The SMILES string of the molecule is CC(C)c1ccc(-c2cnc(CCC(=O)Nc3ccc(OCc4ccc(Cl)cc4)cc3)o2)cc1. The minimum atomic E-state index is -0.101. The van der Waals surface area contributed by atoms with E-state index in [1.165, 1.54) is 5.56 Å². The van der Waals surface area contributed by atoms with Gasteiger partial charge in [0.05, 0.1) is 6.20 Å². The summed E-state index contributed by atoms with van der Waals surface area (Å²) in [6.45, 7) is 4.78. The Kier molecular flexibility index (Phi) is 7.65. The second-order valence-electron chi connectivity index (χ2n) is 8.38. The van der Waals surface area contributed by atoms with Crippen LogP contribution >= 0.6 is 11.6 Å². The van der Waals surface area contributed by atoms with Crippen LogP contribution in [0.2, 0.25) is 5.02 Å². The largest absolute Gasteiger partial charge is 0.489 e. The lowest BCUT2D eigenvalue weighted by atomic mass is 10.0. The van der Waals surface area contributed by atoms with Crippen molar-refractivity contribution < 1.29 is 13.9 Å². The van der Waals surface area contributed by atoms with Crippen LogP contribution in [0.4, 0.5) is 5.69 Å². The van der Waals surface area contributed by atoms with Gasteiger partial charge in [-0.3, -0.25) is 4.79 Å². The lowest BCUT2D eigenvalue weighted by Gasteiger charge is -2.08. The first-order chi connectivity index (χ1) is 16.5. The molecule has 0 aliphatic heterocycles. The summed E-state index contributed by atoms with van der Waals surface area (Å²) < 4.78 is 11.6. The summed E-state index contributed by atoms with van der Waals surface area (Å²) in [5, 5.41) is 3.59. The minimum Gasteiger partial charge on any atom is -0.489 e. The van der Waals surface area contributed by atoms with Crippen LogP contribution in [0.5, 0.6) is 5.75 Å². The molecule has 0 spiro atoms. The molecule has 0 bridgehead atoms. The van der Waals surface area contributed by atoms with E-state index in [-0.39, 0.29) is 12.3 Å². The van der Waals surface area contributed by atoms with Gasteiger partial charge in [0.25, 0.3) is 0 Å². The highest BCUT2D eigenvalue weighted by atomic mass is 35.5. The number of aryl methyl sites for hydroxylation is 1. The number of carbonyl (C=O) groups is 1. The third kappa shape index (κ3) is 6.49. The molecule has 4 aromatic rings. The first-order valence-electron chi connectivity index (χ1n) is 11.3. The zero-order chi connectivity index (χ0) is 23.9. The molecule has 0 radical (unpaired) electrons. The molecule has 0 aliphatic rings. The van der Waals surface area contributed by atoms with Crippen molar-refractivity contribution in [2.75, 3.05) is 5.32 Å². The molecule has 5 nitrogen and oxygen atoms in total. The van der Waals surface area contributed by atoms with E-state index in [0.29, 0.717) is 41.3 Å². The number of aromatic nitrogens is 1. The minimum absolute atomic E-state index is 0.101. The molecule has 1 N–H and O–H groups in total. The van der Waals surface area contributed by atoms with E-state index >= 15 is 0 Å². The zero-order valence-electron chi connectivity index (χ0n) is 19.3. The van der Waals surface area contributed by atoms with Crippen molar-refractivity contribution in [1.29, 1.82) is 0 Å². The van der Waals surface area contributed by atoms with Crippen molar-refractivity contribution in [1.82, 2.24) is 4.98 Å². The number of nitrogens with zero attached hydrogens (tertiary/aromatic N) is 1. The first-order valence-corrected chi connectivity index (χ1v) is 11.7. The fourth-order valence-electron chi connectivity index (χ4n) is 3.42. The van der Waals surface area contributed by atoms with Crippen LogP contribution in [-0.2, 0) is 17.8 Å². The number of hydrogen-bond acceptors (Lipinski definition) is 4. The number of benzene rings is 3. The summed E-state index contributed by atoms with van der Waals surface area (Å²) in [5.41, 5.74) is 4.00. The molecule has 6 heteroatoms. The molecule has 4 rings (SSSR count). The summed E-state index contributed by atoms with van der Waals surface area (Å²) in [4.78, 5) is 16.7. The molecule has 1 heterocycles. The monoisotopic (exact) mass is 474 g/mol. The van der Waals surface area contributed by atoms with Crippen molar-refractivity contribution in [2.24, 2.45) is 0 Å². The molecule has 0 fully saturated rings. The maximum atomic E-state index is 12.4. The summed E-state index contributed by atoms with van der Waals surface area (Å²) in [6.07, 6.45) is 2.42. The molecule has 1 amide bonds. The number of oxazole rings is 1. The standard InChI is InChI=1S/C28H27ClN2O3/c1-19(2)21-5-7-22(8-6-21)26-17-30-28(34-26)16-15-27(32)31-24-11-13-25(14-12-24)33-18-20-3-9-23(29)10-4-20/h3-14,17,19H,15-16,18H2,1-2H3,(H,31,32). The Morgan fingerprint density at radius 3 is 2.38 bits per heavy atom. The molecule has 3 aromatic carbocycles. The smallest absolute Gasteiger partial charge is 0.224 e. The van der Waals surface area contributed by atoms with E-state index < -0.39 is 0 Å². The van der Waals surface area contributed by atoms with Crippen LogP contribution in [-0.4, -0.2) is 10.9 Å². The molecular formula is C28H27ClN2O3. The van der Waals surface area contributed by atoms with Gasteiger partial charge in [0.1, 0.15) is 12.4 Å². The maximum absolute atomic E-state index is 12.4. The number of amides is 1. The van der Waals surface area contributed by atoms with Crippen LogP contribution in [0.25, 0.3) is 11.3 Å². The highest BCUT2D eigenvalue weighted by molar-refractivity contribution is 6.30. The fourth-order valence-corrected chi connectivity index (χ4v) is 3.54. The average Bonchev–Trinajstić information content (AvgIpc) is 3.32. The van der Waals surface area contributed by atoms with Gasteiger partial charge in [0.2, 0.25) is 5.91 Å². The Balaban J connectivity index is 1.24. The number of ether oxygens (including phenoxy) is 1. The van der Waals surface area contributed by atoms with Crippen LogP contribution in [0.1, 0.15) is 43.2 Å². The number of nitrogens with one attached hydrogen (secondary N) is 1. The lowest BCUT2D eigenvalue weighted by Crippen LogP contribution is -2.12. The molecule has 34 heavy (non-hydrogen) atoms. The first kappa shape index (κ1) is 23.6. The van der Waals surface area contributed by atoms with E-state index in [4.69, 9.17) is 20.8 Å². The number of rotatable bonds is 9. The Bertz CT molecular complexity index is 1210. The van der Waals surface area contributed by atoms with Crippen molar-refractivity contribution in [3.63, 3.8) is 0 Å². The van der Waals surface area contributed by atoms with Gasteiger partial charge in [0.15, 0.2) is 11.7 Å². The lowest BCUT2D eigenvalue weighted by molar-refractivity contribution is -0.116. The third-order valence-electron chi connectivity index (χ3n) is 5.44. The topological polar surface area (TPSA) is 64.4 Å². The van der Waals surface area contributed by atoms with Gasteiger partial charge in [-0.2, -0.15) is 0 Å². The number of anilines is 1. The third-order valence-corrected chi connectivity index (χ3v) is 5.69. The number of carbonyl (C=O) groups excluding carboxylic acids is 1. The Morgan fingerprint density at radius 2 is 1.71 bits per heavy atom. The predicted molar refractivity (Wildman–Crippen MR) is 135 cm³/mol. The Labute approximate surface area is 204 Å². The molecular weight excluding hydrogens is 448 g/mol. The van der Waals surface area contributed by atoms with Crippen LogP contribution < -0.4 is 10.1 Å². The summed E-state index contributed by atoms with van der Waals surface area (Å²) in [5.74, 6) is 2.36. The van der Waals surface area contributed by atoms with Crippen molar-refractivity contribution in [3.8, 4) is 17.1 Å². The summed E-state index contributed by atoms with van der Waals surface area (Å²) in [7, 11) is 0. The van der Waals surface area contributed by atoms with E-state index in [0.717, 1.165) is 16.9 Å². The van der Waals surface area contributed by atoms with E-state index in [9.17, 15) is 4.79 Å². The van der Waals surface area contributed by atoms with Gasteiger partial charge in [-0.25, -0.2) is 4.98 Å². The number of halogens is 1. The number of hydrogen-bond donors (Lipinski definition) is 1. The summed E-state index contributed by atoms with van der Waals surface area (Å²) >= 11 is 5.90. The molecule has 0 atom stereocenters.